The van der Waals surface area contributed by atoms with E-state index < -0.39 is 30.0 Å². The van der Waals surface area contributed by atoms with Crippen molar-refractivity contribution in [2.45, 2.75) is 31.7 Å². The first-order valence-corrected chi connectivity index (χ1v) is 10.1. The van der Waals surface area contributed by atoms with Crippen LogP contribution in [0.3, 0.4) is 0 Å². The minimum absolute atomic E-state index is 0.0321. The number of nitrogens with zero attached hydrogens (tertiary/aromatic N) is 1. The molecule has 1 aliphatic heterocycles. The normalized spacial score (nSPS) is 20.1. The zero-order valence-electron chi connectivity index (χ0n) is 16.8. The van der Waals surface area contributed by atoms with E-state index in [2.05, 4.69) is 5.32 Å². The molecule has 1 aliphatic carbocycles. The molecule has 2 aromatic carbocycles. The highest BCUT2D eigenvalue weighted by Gasteiger charge is 2.54. The molecule has 0 unspecified atom stereocenters. The number of benzene rings is 2. The predicted molar refractivity (Wildman–Crippen MR) is 109 cm³/mol. The Morgan fingerprint density at radius 1 is 1.10 bits per heavy atom. The quantitative estimate of drug-likeness (QED) is 0.451. The molecule has 0 radical (unpaired) electrons. The van der Waals surface area contributed by atoms with Gasteiger partial charge in [-0.2, -0.15) is 0 Å². The average molecular weight is 408 g/mol. The maximum absolute atomic E-state index is 13.1. The third-order valence-electron chi connectivity index (χ3n) is 5.57. The first kappa shape index (κ1) is 19.9. The summed E-state index contributed by atoms with van der Waals surface area (Å²) in [4.78, 5) is 38.8. The standard InChI is InChI=1S/C23H24N2O5/c1-16-8-10-18(11-9-16)29-13-14-30-20(26)15-25-21(27)23(24-22(25)28)12-4-6-17-5-2-3-7-19(17)23/h2-3,5,7-11H,4,6,12-15H2,1H3,(H,24,28)/t23-/m1/s1. The summed E-state index contributed by atoms with van der Waals surface area (Å²) in [5.74, 6) is -0.358. The van der Waals surface area contributed by atoms with E-state index in [1.165, 1.54) is 0 Å². The molecule has 1 atom stereocenters. The summed E-state index contributed by atoms with van der Waals surface area (Å²) in [5.41, 5.74) is 1.91. The lowest BCUT2D eigenvalue weighted by Crippen LogP contribution is -2.46. The molecule has 1 spiro atoms. The molecular formula is C23H24N2O5. The van der Waals surface area contributed by atoms with Crippen molar-refractivity contribution in [2.24, 2.45) is 0 Å². The van der Waals surface area contributed by atoms with Gasteiger partial charge in [0, 0.05) is 0 Å². The molecule has 7 heteroatoms. The summed E-state index contributed by atoms with van der Waals surface area (Å²) in [7, 11) is 0. The molecule has 4 rings (SSSR count). The van der Waals surface area contributed by atoms with Gasteiger partial charge in [0.15, 0.2) is 0 Å². The van der Waals surface area contributed by atoms with Crippen LogP contribution in [0, 0.1) is 6.92 Å². The van der Waals surface area contributed by atoms with Crippen LogP contribution in [0.2, 0.25) is 0 Å². The van der Waals surface area contributed by atoms with Crippen molar-refractivity contribution in [3.8, 4) is 5.75 Å². The Morgan fingerprint density at radius 2 is 1.87 bits per heavy atom. The number of aryl methyl sites for hydroxylation is 2. The van der Waals surface area contributed by atoms with E-state index in [9.17, 15) is 14.4 Å². The molecule has 0 bridgehead atoms. The van der Waals surface area contributed by atoms with Crippen molar-refractivity contribution in [2.75, 3.05) is 19.8 Å². The van der Waals surface area contributed by atoms with Crippen LogP contribution in [-0.2, 0) is 26.3 Å². The van der Waals surface area contributed by atoms with Crippen molar-refractivity contribution in [1.29, 1.82) is 0 Å². The fourth-order valence-corrected chi connectivity index (χ4v) is 4.08. The maximum atomic E-state index is 13.1. The molecule has 3 amide bonds. The molecule has 156 valence electrons. The summed E-state index contributed by atoms with van der Waals surface area (Å²) in [6.45, 7) is 1.78. The first-order chi connectivity index (χ1) is 14.5. The second-order valence-corrected chi connectivity index (χ2v) is 7.62. The fraction of sp³-hybridized carbons (Fsp3) is 0.348. The Balaban J connectivity index is 1.34. The molecule has 30 heavy (non-hydrogen) atoms. The smallest absolute Gasteiger partial charge is 0.326 e. The van der Waals surface area contributed by atoms with E-state index in [1.54, 1.807) is 0 Å². The highest BCUT2D eigenvalue weighted by molar-refractivity contribution is 6.09. The number of hydrogen-bond donors (Lipinski definition) is 1. The summed E-state index contributed by atoms with van der Waals surface area (Å²) in [6.07, 6.45) is 2.17. The van der Waals surface area contributed by atoms with E-state index >= 15 is 0 Å². The van der Waals surface area contributed by atoms with Crippen LogP contribution in [-0.4, -0.2) is 42.6 Å². The van der Waals surface area contributed by atoms with E-state index in [4.69, 9.17) is 9.47 Å². The van der Waals surface area contributed by atoms with E-state index in [0.29, 0.717) is 12.2 Å². The fourth-order valence-electron chi connectivity index (χ4n) is 4.08. The number of ether oxygens (including phenoxy) is 2. The summed E-state index contributed by atoms with van der Waals surface area (Å²) < 4.78 is 10.7. The van der Waals surface area contributed by atoms with E-state index in [0.717, 1.165) is 34.4 Å². The zero-order chi connectivity index (χ0) is 21.1. The molecular weight excluding hydrogens is 384 g/mol. The highest BCUT2D eigenvalue weighted by Crippen LogP contribution is 2.39. The molecule has 2 aliphatic rings. The van der Waals surface area contributed by atoms with Gasteiger partial charge in [-0.1, -0.05) is 42.0 Å². The SMILES string of the molecule is Cc1ccc(OCCOC(=O)CN2C(=O)N[C@@]3(CCCc4ccccc43)C2=O)cc1. The molecule has 1 fully saturated rings. The van der Waals surface area contributed by atoms with Crippen LogP contribution in [0.5, 0.6) is 5.75 Å². The van der Waals surface area contributed by atoms with Crippen molar-refractivity contribution in [3.05, 3.63) is 65.2 Å². The Morgan fingerprint density at radius 3 is 2.67 bits per heavy atom. The molecule has 1 N–H and O–H groups in total. The van der Waals surface area contributed by atoms with Gasteiger partial charge in [0.2, 0.25) is 0 Å². The number of carbonyl (C=O) groups excluding carboxylic acids is 3. The van der Waals surface area contributed by atoms with Crippen LogP contribution in [0.1, 0.15) is 29.5 Å². The second-order valence-electron chi connectivity index (χ2n) is 7.62. The molecule has 0 saturated carbocycles. The Bertz CT molecular complexity index is 972. The molecule has 1 saturated heterocycles. The van der Waals surface area contributed by atoms with Gasteiger partial charge in [-0.25, -0.2) is 4.79 Å². The average Bonchev–Trinajstić information content (AvgIpc) is 2.97. The summed E-state index contributed by atoms with van der Waals surface area (Å²) in [6, 6.07) is 14.6. The molecule has 2 aromatic rings. The number of imide groups is 1. The third kappa shape index (κ3) is 3.75. The van der Waals surface area contributed by atoms with Gasteiger partial charge in [0.25, 0.3) is 5.91 Å². The van der Waals surface area contributed by atoms with Gasteiger partial charge in [0.1, 0.15) is 31.0 Å². The van der Waals surface area contributed by atoms with Gasteiger partial charge in [-0.15, -0.1) is 0 Å². The summed E-state index contributed by atoms with van der Waals surface area (Å²) >= 11 is 0. The van der Waals surface area contributed by atoms with Gasteiger partial charge in [0.05, 0.1) is 0 Å². The largest absolute Gasteiger partial charge is 0.490 e. The van der Waals surface area contributed by atoms with Crippen molar-refractivity contribution in [1.82, 2.24) is 10.2 Å². The number of urea groups is 1. The van der Waals surface area contributed by atoms with Crippen LogP contribution in [0.4, 0.5) is 4.79 Å². The zero-order valence-corrected chi connectivity index (χ0v) is 16.8. The predicted octanol–water partition coefficient (Wildman–Crippen LogP) is 2.70. The summed E-state index contributed by atoms with van der Waals surface area (Å²) in [5, 5.41) is 2.83. The lowest BCUT2D eigenvalue weighted by Gasteiger charge is -2.33. The van der Waals surface area contributed by atoms with Gasteiger partial charge in [-0.05, 0) is 49.4 Å². The number of rotatable bonds is 6. The van der Waals surface area contributed by atoms with E-state index in [-0.39, 0.29) is 13.2 Å². The van der Waals surface area contributed by atoms with Gasteiger partial charge < -0.3 is 14.8 Å². The van der Waals surface area contributed by atoms with Crippen LogP contribution in [0.15, 0.2) is 48.5 Å². The van der Waals surface area contributed by atoms with Crippen LogP contribution in [0.25, 0.3) is 0 Å². The second kappa shape index (κ2) is 8.18. The van der Waals surface area contributed by atoms with Crippen molar-refractivity contribution >= 4 is 17.9 Å². The topological polar surface area (TPSA) is 84.9 Å². The number of carbonyl (C=O) groups is 3. The van der Waals surface area contributed by atoms with E-state index in [1.807, 2.05) is 55.5 Å². The monoisotopic (exact) mass is 408 g/mol. The minimum Gasteiger partial charge on any atom is -0.490 e. The number of esters is 1. The highest BCUT2D eigenvalue weighted by atomic mass is 16.6. The van der Waals surface area contributed by atoms with Gasteiger partial charge >= 0.3 is 12.0 Å². The Kier molecular flexibility index (Phi) is 5.44. The Labute approximate surface area is 175 Å². The third-order valence-corrected chi connectivity index (χ3v) is 5.57. The van der Waals surface area contributed by atoms with Crippen molar-refractivity contribution < 1.29 is 23.9 Å². The first-order valence-electron chi connectivity index (χ1n) is 10.1. The minimum atomic E-state index is -1.08. The van der Waals surface area contributed by atoms with Crippen LogP contribution >= 0.6 is 0 Å². The lowest BCUT2D eigenvalue weighted by molar-refractivity contribution is -0.148. The lowest BCUT2D eigenvalue weighted by atomic mass is 9.76. The number of fused-ring (bicyclic) bond motifs is 2. The van der Waals surface area contributed by atoms with Crippen LogP contribution < -0.4 is 10.1 Å². The molecule has 7 nitrogen and oxygen atoms in total. The molecule has 0 aromatic heterocycles. The van der Waals surface area contributed by atoms with Gasteiger partial charge in [-0.3, -0.25) is 14.5 Å². The Hall–Kier alpha value is -3.35. The van der Waals surface area contributed by atoms with Crippen molar-refractivity contribution in [3.63, 3.8) is 0 Å². The number of nitrogens with one attached hydrogen (secondary N) is 1. The number of amides is 3. The maximum Gasteiger partial charge on any atom is 0.326 e. The molecule has 1 heterocycles. The number of hydrogen-bond acceptors (Lipinski definition) is 5.